The smallest absolute Gasteiger partial charge is 0.147 e. The van der Waals surface area contributed by atoms with Crippen molar-refractivity contribution in [1.29, 1.82) is 0 Å². The summed E-state index contributed by atoms with van der Waals surface area (Å²) in [6.07, 6.45) is 4.60. The molecule has 128 valence electrons. The zero-order chi connectivity index (χ0) is 17.1. The Labute approximate surface area is 145 Å². The highest BCUT2D eigenvalue weighted by Gasteiger charge is 2.19. The zero-order valence-electron chi connectivity index (χ0n) is 13.9. The summed E-state index contributed by atoms with van der Waals surface area (Å²) in [5, 5.41) is 12.2. The maximum Gasteiger partial charge on any atom is 0.147 e. The van der Waals surface area contributed by atoms with Crippen LogP contribution in [0.3, 0.4) is 0 Å². The Hall–Kier alpha value is -2.60. The van der Waals surface area contributed by atoms with Crippen LogP contribution < -0.4 is 5.32 Å². The van der Waals surface area contributed by atoms with Gasteiger partial charge in [0.05, 0.1) is 24.5 Å². The van der Waals surface area contributed by atoms with Crippen molar-refractivity contribution in [3.63, 3.8) is 0 Å². The summed E-state index contributed by atoms with van der Waals surface area (Å²) in [4.78, 5) is 4.26. The van der Waals surface area contributed by atoms with Crippen molar-refractivity contribution in [2.24, 2.45) is 0 Å². The predicted octanol–water partition coefficient (Wildman–Crippen LogP) is 3.03. The van der Waals surface area contributed by atoms with E-state index in [9.17, 15) is 4.39 Å². The highest BCUT2D eigenvalue weighted by molar-refractivity contribution is 5.27. The molecule has 1 aromatic carbocycles. The Morgan fingerprint density at radius 2 is 1.96 bits per heavy atom. The lowest BCUT2D eigenvalue weighted by Gasteiger charge is -2.20. The van der Waals surface area contributed by atoms with E-state index in [0.717, 1.165) is 35.9 Å². The maximum absolute atomic E-state index is 13.2. The van der Waals surface area contributed by atoms with Crippen molar-refractivity contribution < 1.29 is 4.39 Å². The van der Waals surface area contributed by atoms with Gasteiger partial charge in [-0.05, 0) is 30.5 Å². The van der Waals surface area contributed by atoms with Crippen molar-refractivity contribution in [3.8, 4) is 0 Å². The fraction of sp³-hybridized carbons (Fsp3) is 0.316. The first-order chi connectivity index (χ1) is 12.3. The van der Waals surface area contributed by atoms with E-state index >= 15 is 0 Å². The number of aromatic nitrogens is 4. The fourth-order valence-electron chi connectivity index (χ4n) is 3.29. The number of hydrogen-bond acceptors (Lipinski definition) is 4. The third-order valence-electron chi connectivity index (χ3n) is 4.58. The van der Waals surface area contributed by atoms with Crippen LogP contribution in [0.15, 0.2) is 48.7 Å². The van der Waals surface area contributed by atoms with E-state index in [1.165, 1.54) is 25.1 Å². The maximum atomic E-state index is 13.2. The number of aryl methyl sites for hydroxylation is 1. The second kappa shape index (κ2) is 7.11. The van der Waals surface area contributed by atoms with Crippen LogP contribution in [0.5, 0.6) is 0 Å². The minimum absolute atomic E-state index is 0.127. The molecule has 1 aliphatic heterocycles. The van der Waals surface area contributed by atoms with Gasteiger partial charge in [0.2, 0.25) is 0 Å². The van der Waals surface area contributed by atoms with Gasteiger partial charge < -0.3 is 4.57 Å². The first-order valence-corrected chi connectivity index (χ1v) is 8.62. The third kappa shape index (κ3) is 3.44. The highest BCUT2D eigenvalue weighted by Crippen LogP contribution is 2.21. The van der Waals surface area contributed by atoms with E-state index in [0.29, 0.717) is 6.54 Å². The van der Waals surface area contributed by atoms with Crippen molar-refractivity contribution in [1.82, 2.24) is 25.1 Å². The Bertz CT molecular complexity index is 829. The molecule has 0 saturated heterocycles. The molecular formula is C19H20FN5. The standard InChI is InChI=1S/C19H20FN5/c20-15-9-10-16(21-12-15)19(14-6-2-1-3-7-14)22-13-18-24-23-17-8-4-5-11-25(17)18/h1-3,6-7,9-10,12,19,22H,4-5,8,11,13H2. The van der Waals surface area contributed by atoms with Crippen molar-refractivity contribution >= 4 is 0 Å². The van der Waals surface area contributed by atoms with Gasteiger partial charge in [0.1, 0.15) is 17.5 Å². The molecule has 0 fully saturated rings. The van der Waals surface area contributed by atoms with Gasteiger partial charge in [-0.1, -0.05) is 30.3 Å². The Morgan fingerprint density at radius 3 is 2.76 bits per heavy atom. The molecule has 1 atom stereocenters. The molecule has 0 saturated carbocycles. The van der Waals surface area contributed by atoms with Crippen molar-refractivity contribution in [2.45, 2.75) is 38.4 Å². The van der Waals surface area contributed by atoms with E-state index < -0.39 is 0 Å². The number of benzene rings is 1. The second-order valence-electron chi connectivity index (χ2n) is 6.27. The monoisotopic (exact) mass is 337 g/mol. The molecule has 5 nitrogen and oxygen atoms in total. The number of hydrogen-bond donors (Lipinski definition) is 1. The number of pyridine rings is 1. The van der Waals surface area contributed by atoms with E-state index in [2.05, 4.69) is 25.1 Å². The lowest BCUT2D eigenvalue weighted by atomic mass is 10.0. The molecule has 3 heterocycles. The van der Waals surface area contributed by atoms with E-state index in [1.807, 2.05) is 30.3 Å². The van der Waals surface area contributed by atoms with E-state index in [-0.39, 0.29) is 11.9 Å². The molecule has 1 N–H and O–H groups in total. The molecule has 2 aromatic heterocycles. The lowest BCUT2D eigenvalue weighted by Crippen LogP contribution is -2.25. The molecule has 25 heavy (non-hydrogen) atoms. The molecule has 0 amide bonds. The first-order valence-electron chi connectivity index (χ1n) is 8.62. The lowest BCUT2D eigenvalue weighted by molar-refractivity contribution is 0.487. The van der Waals surface area contributed by atoms with Gasteiger partial charge in [-0.25, -0.2) is 4.39 Å². The van der Waals surface area contributed by atoms with Crippen molar-refractivity contribution in [3.05, 3.63) is 77.4 Å². The van der Waals surface area contributed by atoms with Gasteiger partial charge in [-0.15, -0.1) is 10.2 Å². The van der Waals surface area contributed by atoms with Gasteiger partial charge in [0.25, 0.3) is 0 Å². The van der Waals surface area contributed by atoms with Crippen LogP contribution in [0.1, 0.15) is 41.8 Å². The summed E-state index contributed by atoms with van der Waals surface area (Å²) >= 11 is 0. The Kier molecular flexibility index (Phi) is 4.52. The summed E-state index contributed by atoms with van der Waals surface area (Å²) in [5.41, 5.74) is 1.87. The molecule has 3 aromatic rings. The fourth-order valence-corrected chi connectivity index (χ4v) is 3.29. The number of halogens is 1. The summed E-state index contributed by atoms with van der Waals surface area (Å²) in [6, 6.07) is 13.1. The number of rotatable bonds is 5. The van der Waals surface area contributed by atoms with Gasteiger partial charge in [-0.2, -0.15) is 0 Å². The molecule has 0 radical (unpaired) electrons. The van der Waals surface area contributed by atoms with Gasteiger partial charge in [-0.3, -0.25) is 10.3 Å². The van der Waals surface area contributed by atoms with Crippen molar-refractivity contribution in [2.75, 3.05) is 0 Å². The summed E-state index contributed by atoms with van der Waals surface area (Å²) in [5.74, 6) is 1.68. The topological polar surface area (TPSA) is 55.6 Å². The second-order valence-corrected chi connectivity index (χ2v) is 6.27. The Balaban J connectivity index is 1.58. The van der Waals surface area contributed by atoms with Crippen LogP contribution in [0, 0.1) is 5.82 Å². The minimum atomic E-state index is -0.331. The Morgan fingerprint density at radius 1 is 1.08 bits per heavy atom. The SMILES string of the molecule is Fc1ccc(C(NCc2nnc3n2CCCC3)c2ccccc2)nc1. The third-order valence-corrected chi connectivity index (χ3v) is 4.58. The minimum Gasteiger partial charge on any atom is -0.314 e. The molecule has 0 spiro atoms. The number of nitrogens with one attached hydrogen (secondary N) is 1. The molecule has 0 bridgehead atoms. The van der Waals surface area contributed by atoms with E-state index in [1.54, 1.807) is 6.07 Å². The van der Waals surface area contributed by atoms with Crippen LogP contribution >= 0.6 is 0 Å². The van der Waals surface area contributed by atoms with E-state index in [4.69, 9.17) is 0 Å². The number of nitrogens with zero attached hydrogens (tertiary/aromatic N) is 4. The molecule has 1 unspecified atom stereocenters. The highest BCUT2D eigenvalue weighted by atomic mass is 19.1. The van der Waals surface area contributed by atoms with Gasteiger partial charge >= 0.3 is 0 Å². The summed E-state index contributed by atoms with van der Waals surface area (Å²) < 4.78 is 15.5. The largest absolute Gasteiger partial charge is 0.314 e. The molecule has 4 rings (SSSR count). The summed E-state index contributed by atoms with van der Waals surface area (Å²) in [7, 11) is 0. The van der Waals surface area contributed by atoms with Crippen LogP contribution in [0.2, 0.25) is 0 Å². The molecular weight excluding hydrogens is 317 g/mol. The molecule has 0 aliphatic carbocycles. The van der Waals surface area contributed by atoms with Crippen LogP contribution in [0.4, 0.5) is 4.39 Å². The normalized spacial score (nSPS) is 14.9. The molecule has 1 aliphatic rings. The molecule has 6 heteroatoms. The summed E-state index contributed by atoms with van der Waals surface area (Å²) in [6.45, 7) is 1.57. The average molecular weight is 337 g/mol. The average Bonchev–Trinajstić information content (AvgIpc) is 3.07. The zero-order valence-corrected chi connectivity index (χ0v) is 13.9. The number of fused-ring (bicyclic) bond motifs is 1. The van der Waals surface area contributed by atoms with Crippen LogP contribution in [-0.4, -0.2) is 19.7 Å². The predicted molar refractivity (Wildman–Crippen MR) is 92.3 cm³/mol. The van der Waals surface area contributed by atoms with Crippen LogP contribution in [0.25, 0.3) is 0 Å². The van der Waals surface area contributed by atoms with Gasteiger partial charge in [0.15, 0.2) is 0 Å². The van der Waals surface area contributed by atoms with Gasteiger partial charge in [0, 0.05) is 13.0 Å². The quantitative estimate of drug-likeness (QED) is 0.777. The van der Waals surface area contributed by atoms with Crippen LogP contribution in [-0.2, 0) is 19.5 Å². The first kappa shape index (κ1) is 15.9.